The molecule has 0 saturated heterocycles. The van der Waals surface area contributed by atoms with Crippen LogP contribution in [0.2, 0.25) is 0 Å². The van der Waals surface area contributed by atoms with Crippen LogP contribution in [0.25, 0.3) is 10.9 Å². The molecule has 0 amide bonds. The summed E-state index contributed by atoms with van der Waals surface area (Å²) in [6.45, 7) is 5.78. The van der Waals surface area contributed by atoms with Gasteiger partial charge in [-0.2, -0.15) is 0 Å². The Morgan fingerprint density at radius 3 is 2.67 bits per heavy atom. The fourth-order valence-corrected chi connectivity index (χ4v) is 1.11. The minimum Gasteiger partial charge on any atom is -0.404 e. The summed E-state index contributed by atoms with van der Waals surface area (Å²) in [5, 5.41) is 0.879. The third-order valence-electron chi connectivity index (χ3n) is 1.67. The van der Waals surface area contributed by atoms with E-state index in [1.807, 2.05) is 13.8 Å². The monoisotopic (exact) mass is 275 g/mol. The molecule has 4 nitrogen and oxygen atoms in total. The molecule has 0 bridgehead atoms. The van der Waals surface area contributed by atoms with Gasteiger partial charge in [0.25, 0.3) is 0 Å². The third-order valence-corrected chi connectivity index (χ3v) is 1.67. The first-order valence-corrected chi connectivity index (χ1v) is 4.53. The molecule has 0 atom stereocenters. The van der Waals surface area contributed by atoms with Gasteiger partial charge in [0.15, 0.2) is 5.69 Å². The topological polar surface area (TPSA) is 57.0 Å². The summed E-state index contributed by atoms with van der Waals surface area (Å²) in [4.78, 5) is 22.1. The first kappa shape index (κ1) is 15.1. The molecule has 0 radical (unpaired) electrons. The van der Waals surface area contributed by atoms with Crippen molar-refractivity contribution in [3.8, 4) is 0 Å². The molecule has 0 N–H and O–H groups in total. The van der Waals surface area contributed by atoms with E-state index >= 15 is 0 Å². The first-order chi connectivity index (χ1) is 6.77. The summed E-state index contributed by atoms with van der Waals surface area (Å²) in [5.41, 5.74) is 0.857. The standard InChI is InChI=1S/C8H7N3O.C2H6.Rb/c1-5-6-2-3-9-4-7(6)11-8(12)10-5;1-2;/h2-4H,1H3,(H,10,11,12);1-2H3;/q;;+1/p-1. The van der Waals surface area contributed by atoms with E-state index in [9.17, 15) is 4.79 Å². The first-order valence-electron chi connectivity index (χ1n) is 4.53. The van der Waals surface area contributed by atoms with Crippen molar-refractivity contribution in [2.45, 2.75) is 20.8 Å². The Labute approximate surface area is 137 Å². The van der Waals surface area contributed by atoms with E-state index in [0.29, 0.717) is 11.2 Å². The summed E-state index contributed by atoms with van der Waals surface area (Å²) >= 11 is 0. The minimum absolute atomic E-state index is 0. The van der Waals surface area contributed by atoms with Crippen LogP contribution in [0.5, 0.6) is 0 Å². The van der Waals surface area contributed by atoms with E-state index in [-0.39, 0.29) is 58.2 Å². The van der Waals surface area contributed by atoms with Crippen LogP contribution < -0.4 is 68.9 Å². The predicted molar refractivity (Wildman–Crippen MR) is 55.2 cm³/mol. The molecule has 0 spiro atoms. The molecule has 0 aliphatic carbocycles. The van der Waals surface area contributed by atoms with Crippen LogP contribution in [0.1, 0.15) is 19.5 Å². The third kappa shape index (κ3) is 3.87. The zero-order valence-electron chi connectivity index (χ0n) is 9.48. The fourth-order valence-electron chi connectivity index (χ4n) is 1.11. The Morgan fingerprint density at radius 2 is 2.00 bits per heavy atom. The molecule has 0 saturated carbocycles. The Kier molecular flexibility index (Phi) is 7.43. The van der Waals surface area contributed by atoms with E-state index in [4.69, 9.17) is 0 Å². The van der Waals surface area contributed by atoms with Gasteiger partial charge in [0, 0.05) is 12.4 Å². The van der Waals surface area contributed by atoms with Gasteiger partial charge in [-0.3, -0.25) is 9.78 Å². The zero-order chi connectivity index (χ0) is 10.6. The van der Waals surface area contributed by atoms with Gasteiger partial charge in [-0.15, -0.1) is 0 Å². The van der Waals surface area contributed by atoms with Gasteiger partial charge in [0.2, 0.25) is 0 Å². The van der Waals surface area contributed by atoms with E-state index in [1.165, 1.54) is 0 Å². The second kappa shape index (κ2) is 7.38. The normalized spacial score (nSPS) is 8.73. The average Bonchev–Trinajstić information content (AvgIpc) is 2.20. The number of rotatable bonds is 0. The summed E-state index contributed by atoms with van der Waals surface area (Å²) in [6, 6.07) is 1.80. The van der Waals surface area contributed by atoms with Crippen LogP contribution in [-0.2, 0) is 0 Å². The van der Waals surface area contributed by atoms with Gasteiger partial charge in [-0.05, 0) is 23.9 Å². The van der Waals surface area contributed by atoms with Crippen molar-refractivity contribution in [2.24, 2.45) is 0 Å². The summed E-state index contributed by atoms with van der Waals surface area (Å²) in [5.74, 6) is 0. The summed E-state index contributed by atoms with van der Waals surface area (Å²) in [7, 11) is 0. The van der Waals surface area contributed by atoms with Crippen molar-refractivity contribution in [3.63, 3.8) is 0 Å². The molecule has 0 fully saturated rings. The average molecular weight is 276 g/mol. The zero-order valence-corrected chi connectivity index (χ0v) is 14.4. The summed E-state index contributed by atoms with van der Waals surface area (Å²) in [6.07, 6.45) is 3.22. The number of hydrogen-bond acceptors (Lipinski definition) is 3. The van der Waals surface area contributed by atoms with Crippen molar-refractivity contribution < 1.29 is 58.2 Å². The van der Waals surface area contributed by atoms with Gasteiger partial charge >= 0.3 is 58.2 Å². The second-order valence-electron chi connectivity index (χ2n) is 2.48. The van der Waals surface area contributed by atoms with Gasteiger partial charge < -0.3 is 9.97 Å². The molecule has 2 rings (SSSR count). The minimum atomic E-state index is -0.451. The molecule has 0 aliphatic rings. The van der Waals surface area contributed by atoms with Crippen molar-refractivity contribution in [1.29, 1.82) is 0 Å². The number of hydrogen-bond donors (Lipinski definition) is 0. The number of pyridine rings is 1. The molecule has 15 heavy (non-hydrogen) atoms. The predicted octanol–water partition coefficient (Wildman–Crippen LogP) is -1.71. The molecular formula is C10H12N3ORb. The van der Waals surface area contributed by atoms with Gasteiger partial charge in [-0.25, -0.2) is 0 Å². The molecule has 0 aliphatic heterocycles. The van der Waals surface area contributed by atoms with Crippen LogP contribution in [0.4, 0.5) is 0 Å². The van der Waals surface area contributed by atoms with E-state index in [0.717, 1.165) is 5.39 Å². The van der Waals surface area contributed by atoms with Crippen molar-refractivity contribution in [2.75, 3.05) is 0 Å². The van der Waals surface area contributed by atoms with Crippen LogP contribution in [0, 0.1) is 6.92 Å². The molecule has 0 unspecified atom stereocenters. The molecule has 2 heterocycles. The molecule has 2 aromatic heterocycles. The molecule has 5 heteroatoms. The van der Waals surface area contributed by atoms with Crippen LogP contribution in [0.3, 0.4) is 0 Å². The Bertz CT molecular complexity index is 481. The number of aryl methyl sites for hydroxylation is 1. The van der Waals surface area contributed by atoms with Crippen molar-refractivity contribution in [3.05, 3.63) is 34.6 Å². The fraction of sp³-hybridized carbons (Fsp3) is 0.300. The maximum absolute atomic E-state index is 10.9. The molecule has 2 aromatic rings. The second-order valence-corrected chi connectivity index (χ2v) is 2.48. The Balaban J connectivity index is 0.000000617. The van der Waals surface area contributed by atoms with Gasteiger partial charge in [-0.1, -0.05) is 19.5 Å². The molecule has 74 valence electrons. The quantitative estimate of drug-likeness (QED) is 0.574. The van der Waals surface area contributed by atoms with Crippen LogP contribution >= 0.6 is 0 Å². The number of fused-ring (bicyclic) bond motifs is 1. The molecular weight excluding hydrogens is 264 g/mol. The van der Waals surface area contributed by atoms with E-state index < -0.39 is 5.69 Å². The van der Waals surface area contributed by atoms with Gasteiger partial charge in [0.1, 0.15) is 0 Å². The SMILES string of the molecule is CC.Cc1nc(=O)[n-]c2cnccc12.[Rb+]. The smallest absolute Gasteiger partial charge is 0.404 e. The van der Waals surface area contributed by atoms with Crippen LogP contribution in [0.15, 0.2) is 23.3 Å². The molecule has 0 aromatic carbocycles. The summed E-state index contributed by atoms with van der Waals surface area (Å²) < 4.78 is 0. The Hall–Kier alpha value is 0.0952. The number of nitrogens with zero attached hydrogens (tertiary/aromatic N) is 3. The maximum Gasteiger partial charge on any atom is 1.00 e. The maximum atomic E-state index is 10.9. The van der Waals surface area contributed by atoms with Gasteiger partial charge in [0.05, 0.1) is 0 Å². The van der Waals surface area contributed by atoms with E-state index in [1.54, 1.807) is 25.4 Å². The van der Waals surface area contributed by atoms with E-state index in [2.05, 4.69) is 15.0 Å². The largest absolute Gasteiger partial charge is 1.00 e. The van der Waals surface area contributed by atoms with Crippen molar-refractivity contribution in [1.82, 2.24) is 15.0 Å². The van der Waals surface area contributed by atoms with Crippen molar-refractivity contribution >= 4 is 10.9 Å². The number of aromatic nitrogens is 3. The Morgan fingerprint density at radius 1 is 1.33 bits per heavy atom. The van der Waals surface area contributed by atoms with Crippen LogP contribution in [-0.4, -0.2) is 9.97 Å².